The minimum absolute atomic E-state index is 0.428. The third-order valence-electron chi connectivity index (χ3n) is 2.87. The van der Waals surface area contributed by atoms with Gasteiger partial charge < -0.3 is 5.32 Å². The molecule has 0 amide bonds. The summed E-state index contributed by atoms with van der Waals surface area (Å²) >= 11 is 0. The van der Waals surface area contributed by atoms with Gasteiger partial charge >= 0.3 is 0 Å². The summed E-state index contributed by atoms with van der Waals surface area (Å²) < 4.78 is 0. The monoisotopic (exact) mass is 215 g/mol. The van der Waals surface area contributed by atoms with E-state index in [4.69, 9.17) is 0 Å². The smallest absolute Gasteiger partial charge is 0.137 e. The van der Waals surface area contributed by atoms with Gasteiger partial charge in [0.1, 0.15) is 12.1 Å². The van der Waals surface area contributed by atoms with Gasteiger partial charge in [-0.1, -0.05) is 19.1 Å². The lowest BCUT2D eigenvalue weighted by molar-refractivity contribution is 0.760. The van der Waals surface area contributed by atoms with Gasteiger partial charge in [-0.25, -0.2) is 9.97 Å². The molecule has 0 fully saturated rings. The highest BCUT2D eigenvalue weighted by atomic mass is 15.0. The van der Waals surface area contributed by atoms with Gasteiger partial charge in [0.25, 0.3) is 0 Å². The molecule has 0 spiro atoms. The molecule has 0 aliphatic heterocycles. The molecule has 1 heterocycles. The van der Waals surface area contributed by atoms with Gasteiger partial charge in [0.2, 0.25) is 0 Å². The lowest BCUT2D eigenvalue weighted by Gasteiger charge is -2.14. The fourth-order valence-electron chi connectivity index (χ4n) is 1.73. The number of benzene rings is 1. The first-order valence-electron chi connectivity index (χ1n) is 5.69. The summed E-state index contributed by atoms with van der Waals surface area (Å²) in [6.07, 6.45) is 2.70. The first-order valence-corrected chi connectivity index (χ1v) is 5.69. The molecule has 0 saturated heterocycles. The normalized spacial score (nSPS) is 12.7. The maximum absolute atomic E-state index is 4.33. The molecule has 0 aliphatic carbocycles. The van der Waals surface area contributed by atoms with Crippen LogP contribution in [0.4, 0.5) is 5.82 Å². The molecule has 0 bridgehead atoms. The van der Waals surface area contributed by atoms with Crippen LogP contribution in [0, 0.1) is 6.92 Å². The molecule has 0 saturated carbocycles. The average molecular weight is 215 g/mol. The molecule has 0 radical (unpaired) electrons. The van der Waals surface area contributed by atoms with E-state index >= 15 is 0 Å². The number of anilines is 1. The second-order valence-electron chi connectivity index (χ2n) is 4.14. The molecule has 0 aliphatic rings. The van der Waals surface area contributed by atoms with Crippen molar-refractivity contribution in [1.29, 1.82) is 0 Å². The van der Waals surface area contributed by atoms with Crippen molar-refractivity contribution in [2.24, 2.45) is 0 Å². The van der Waals surface area contributed by atoms with Crippen LogP contribution in [-0.4, -0.2) is 16.0 Å². The van der Waals surface area contributed by atoms with Crippen molar-refractivity contribution in [1.82, 2.24) is 9.97 Å². The van der Waals surface area contributed by atoms with Crippen LogP contribution in [0.3, 0.4) is 0 Å². The van der Waals surface area contributed by atoms with Crippen LogP contribution >= 0.6 is 0 Å². The Morgan fingerprint density at radius 3 is 2.88 bits per heavy atom. The number of aromatic nitrogens is 2. The summed E-state index contributed by atoms with van der Waals surface area (Å²) in [5.41, 5.74) is 2.21. The van der Waals surface area contributed by atoms with Crippen LogP contribution in [0.15, 0.2) is 24.5 Å². The molecule has 2 aromatic rings. The molecule has 3 heteroatoms. The van der Waals surface area contributed by atoms with Crippen LogP contribution in [0.25, 0.3) is 10.9 Å². The molecule has 1 aromatic heterocycles. The third-order valence-corrected chi connectivity index (χ3v) is 2.87. The van der Waals surface area contributed by atoms with Gasteiger partial charge in [0.05, 0.1) is 5.52 Å². The van der Waals surface area contributed by atoms with Crippen LogP contribution in [0.1, 0.15) is 25.8 Å². The largest absolute Gasteiger partial charge is 0.367 e. The summed E-state index contributed by atoms with van der Waals surface area (Å²) in [5, 5.41) is 4.55. The maximum atomic E-state index is 4.33. The number of nitrogens with zero attached hydrogens (tertiary/aromatic N) is 2. The average Bonchev–Trinajstić information content (AvgIpc) is 2.29. The topological polar surface area (TPSA) is 37.8 Å². The van der Waals surface area contributed by atoms with Gasteiger partial charge in [-0.15, -0.1) is 0 Å². The molecule has 1 N–H and O–H groups in total. The fraction of sp³-hybridized carbons (Fsp3) is 0.385. The van der Waals surface area contributed by atoms with E-state index in [0.29, 0.717) is 6.04 Å². The Balaban J connectivity index is 2.52. The van der Waals surface area contributed by atoms with Crippen LogP contribution in [0.2, 0.25) is 0 Å². The Hall–Kier alpha value is -1.64. The zero-order valence-corrected chi connectivity index (χ0v) is 9.99. The van der Waals surface area contributed by atoms with E-state index in [1.54, 1.807) is 6.33 Å². The van der Waals surface area contributed by atoms with Crippen molar-refractivity contribution in [2.45, 2.75) is 33.2 Å². The summed E-state index contributed by atoms with van der Waals surface area (Å²) in [5.74, 6) is 0.942. The number of rotatable bonds is 3. The van der Waals surface area contributed by atoms with Crippen LogP contribution in [-0.2, 0) is 0 Å². The quantitative estimate of drug-likeness (QED) is 0.854. The molecule has 16 heavy (non-hydrogen) atoms. The van der Waals surface area contributed by atoms with Crippen molar-refractivity contribution in [3.63, 3.8) is 0 Å². The Kier molecular flexibility index (Phi) is 3.04. The number of nitrogens with one attached hydrogen (secondary N) is 1. The Bertz CT molecular complexity index is 488. The SMILES string of the molecule is CCC(C)Nc1ncnc2cccc(C)c12. The first-order chi connectivity index (χ1) is 7.72. The lowest BCUT2D eigenvalue weighted by Crippen LogP contribution is -2.15. The Morgan fingerprint density at radius 1 is 1.31 bits per heavy atom. The molecule has 3 nitrogen and oxygen atoms in total. The van der Waals surface area contributed by atoms with Gasteiger partial charge in [0, 0.05) is 11.4 Å². The second kappa shape index (κ2) is 4.47. The van der Waals surface area contributed by atoms with Gasteiger partial charge in [-0.05, 0) is 31.9 Å². The highest BCUT2D eigenvalue weighted by Gasteiger charge is 2.07. The zero-order chi connectivity index (χ0) is 11.5. The molecular formula is C13H17N3. The summed E-state index contributed by atoms with van der Waals surface area (Å²) in [6, 6.07) is 6.56. The molecule has 1 atom stereocenters. The predicted molar refractivity (Wildman–Crippen MR) is 67.7 cm³/mol. The van der Waals surface area contributed by atoms with Gasteiger partial charge in [-0.2, -0.15) is 0 Å². The molecule has 2 rings (SSSR count). The van der Waals surface area contributed by atoms with E-state index in [9.17, 15) is 0 Å². The van der Waals surface area contributed by atoms with Crippen LogP contribution < -0.4 is 5.32 Å². The fourth-order valence-corrected chi connectivity index (χ4v) is 1.73. The van der Waals surface area contributed by atoms with Gasteiger partial charge in [0.15, 0.2) is 0 Å². The molecule has 1 unspecified atom stereocenters. The molecule has 1 aromatic carbocycles. The summed E-state index contributed by atoms with van der Waals surface area (Å²) in [4.78, 5) is 8.62. The minimum atomic E-state index is 0.428. The Labute approximate surface area is 95.9 Å². The number of fused-ring (bicyclic) bond motifs is 1. The standard InChI is InChI=1S/C13H17N3/c1-4-10(3)16-13-12-9(2)6-5-7-11(12)14-8-15-13/h5-8,10H,4H2,1-3H3,(H,14,15,16). The van der Waals surface area contributed by atoms with Gasteiger partial charge in [-0.3, -0.25) is 0 Å². The van der Waals surface area contributed by atoms with E-state index in [1.165, 1.54) is 5.56 Å². The van der Waals surface area contributed by atoms with E-state index in [2.05, 4.69) is 42.1 Å². The van der Waals surface area contributed by atoms with E-state index in [-0.39, 0.29) is 0 Å². The molecule has 84 valence electrons. The highest BCUT2D eigenvalue weighted by Crippen LogP contribution is 2.23. The summed E-state index contributed by atoms with van der Waals surface area (Å²) in [7, 11) is 0. The number of hydrogen-bond acceptors (Lipinski definition) is 3. The van der Waals surface area contributed by atoms with E-state index in [1.807, 2.05) is 12.1 Å². The summed E-state index contributed by atoms with van der Waals surface area (Å²) in [6.45, 7) is 6.41. The van der Waals surface area contributed by atoms with Crippen molar-refractivity contribution in [3.8, 4) is 0 Å². The Morgan fingerprint density at radius 2 is 2.12 bits per heavy atom. The van der Waals surface area contributed by atoms with E-state index < -0.39 is 0 Å². The van der Waals surface area contributed by atoms with Crippen molar-refractivity contribution >= 4 is 16.7 Å². The lowest BCUT2D eigenvalue weighted by atomic mass is 10.1. The second-order valence-corrected chi connectivity index (χ2v) is 4.14. The van der Waals surface area contributed by atoms with Crippen molar-refractivity contribution < 1.29 is 0 Å². The first kappa shape index (κ1) is 10.9. The van der Waals surface area contributed by atoms with Crippen LogP contribution in [0.5, 0.6) is 0 Å². The number of hydrogen-bond donors (Lipinski definition) is 1. The predicted octanol–water partition coefficient (Wildman–Crippen LogP) is 3.15. The third kappa shape index (κ3) is 1.98. The highest BCUT2D eigenvalue weighted by molar-refractivity contribution is 5.91. The van der Waals surface area contributed by atoms with E-state index in [0.717, 1.165) is 23.1 Å². The van der Waals surface area contributed by atoms with Crippen molar-refractivity contribution in [2.75, 3.05) is 5.32 Å². The van der Waals surface area contributed by atoms with Crippen molar-refractivity contribution in [3.05, 3.63) is 30.1 Å². The maximum Gasteiger partial charge on any atom is 0.137 e. The molecular weight excluding hydrogens is 198 g/mol. The minimum Gasteiger partial charge on any atom is -0.367 e. The number of aryl methyl sites for hydroxylation is 1. The zero-order valence-electron chi connectivity index (χ0n) is 9.99.